The van der Waals surface area contributed by atoms with Crippen molar-refractivity contribution in [2.45, 2.75) is 32.4 Å². The molecule has 0 saturated heterocycles. The first-order chi connectivity index (χ1) is 10.1. The minimum Gasteiger partial charge on any atom is -0.299 e. The number of rotatable bonds is 7. The fourth-order valence-corrected chi connectivity index (χ4v) is 2.33. The van der Waals surface area contributed by atoms with E-state index in [4.69, 9.17) is 0 Å². The molecule has 0 bridgehead atoms. The van der Waals surface area contributed by atoms with E-state index in [9.17, 15) is 8.78 Å². The molecule has 21 heavy (non-hydrogen) atoms. The van der Waals surface area contributed by atoms with Crippen molar-refractivity contribution in [3.8, 4) is 0 Å². The second-order valence-corrected chi connectivity index (χ2v) is 5.37. The van der Waals surface area contributed by atoms with Crippen LogP contribution in [0.25, 0.3) is 0 Å². The molecule has 2 aromatic rings. The summed E-state index contributed by atoms with van der Waals surface area (Å²) in [5, 5.41) is 0. The van der Waals surface area contributed by atoms with E-state index in [0.29, 0.717) is 18.3 Å². The summed E-state index contributed by atoms with van der Waals surface area (Å²) in [4.78, 5) is 6.03. The average Bonchev–Trinajstić information content (AvgIpc) is 2.94. The van der Waals surface area contributed by atoms with Gasteiger partial charge in [0.2, 0.25) is 0 Å². The van der Waals surface area contributed by atoms with Gasteiger partial charge in [-0.05, 0) is 31.5 Å². The van der Waals surface area contributed by atoms with Gasteiger partial charge >= 0.3 is 6.55 Å². The Labute approximate surface area is 124 Å². The van der Waals surface area contributed by atoms with Gasteiger partial charge in [0, 0.05) is 12.4 Å². The largest absolute Gasteiger partial charge is 0.319 e. The van der Waals surface area contributed by atoms with Gasteiger partial charge < -0.3 is 0 Å². The maximum absolute atomic E-state index is 12.8. The normalized spacial score (nSPS) is 13.0. The highest BCUT2D eigenvalue weighted by Gasteiger charge is 2.13. The van der Waals surface area contributed by atoms with Crippen LogP contribution in [0.1, 0.15) is 37.2 Å². The Hall–Kier alpha value is -1.75. The fraction of sp³-hybridized carbons (Fsp3) is 0.438. The van der Waals surface area contributed by atoms with Gasteiger partial charge in [-0.3, -0.25) is 9.47 Å². The Balaban J connectivity index is 1.85. The molecule has 0 spiro atoms. The van der Waals surface area contributed by atoms with Crippen LogP contribution in [0.5, 0.6) is 0 Å². The lowest BCUT2D eigenvalue weighted by Gasteiger charge is -2.19. The first-order valence-corrected chi connectivity index (χ1v) is 7.11. The number of nitrogens with zero attached hydrogens (tertiary/aromatic N) is 3. The van der Waals surface area contributed by atoms with E-state index in [0.717, 1.165) is 17.5 Å². The Morgan fingerprint density at radius 1 is 1.24 bits per heavy atom. The van der Waals surface area contributed by atoms with Crippen LogP contribution in [0.2, 0.25) is 0 Å². The molecule has 1 aromatic carbocycles. The van der Waals surface area contributed by atoms with Crippen molar-refractivity contribution in [1.29, 1.82) is 0 Å². The van der Waals surface area contributed by atoms with E-state index in [2.05, 4.69) is 24.0 Å². The number of hydrogen-bond acceptors (Lipinski definition) is 2. The van der Waals surface area contributed by atoms with Crippen LogP contribution in [0.3, 0.4) is 0 Å². The average molecular weight is 293 g/mol. The van der Waals surface area contributed by atoms with Crippen molar-refractivity contribution in [2.75, 3.05) is 13.6 Å². The van der Waals surface area contributed by atoms with Crippen molar-refractivity contribution in [3.05, 3.63) is 54.1 Å². The van der Waals surface area contributed by atoms with Gasteiger partial charge in [-0.2, -0.15) is 8.78 Å². The SMILES string of the molecule is C[C@H](CCN(C)Cc1nccn1C(F)F)c1ccccc1. The zero-order valence-corrected chi connectivity index (χ0v) is 12.4. The summed E-state index contributed by atoms with van der Waals surface area (Å²) < 4.78 is 26.4. The Morgan fingerprint density at radius 3 is 2.62 bits per heavy atom. The quantitative estimate of drug-likeness (QED) is 0.772. The molecule has 114 valence electrons. The topological polar surface area (TPSA) is 21.1 Å². The summed E-state index contributed by atoms with van der Waals surface area (Å²) in [6, 6.07) is 10.3. The Bertz CT molecular complexity index is 539. The predicted molar refractivity (Wildman–Crippen MR) is 79.3 cm³/mol. The zero-order valence-electron chi connectivity index (χ0n) is 12.4. The van der Waals surface area contributed by atoms with Crippen molar-refractivity contribution in [1.82, 2.24) is 14.5 Å². The summed E-state index contributed by atoms with van der Waals surface area (Å²) in [6.45, 7) is 0.924. The second kappa shape index (κ2) is 7.31. The third-order valence-electron chi connectivity index (χ3n) is 3.68. The molecule has 1 aromatic heterocycles. The van der Waals surface area contributed by atoms with Crippen molar-refractivity contribution in [2.24, 2.45) is 0 Å². The molecule has 2 rings (SSSR count). The van der Waals surface area contributed by atoms with E-state index < -0.39 is 6.55 Å². The van der Waals surface area contributed by atoms with Crippen LogP contribution < -0.4 is 0 Å². The lowest BCUT2D eigenvalue weighted by Crippen LogP contribution is -2.23. The van der Waals surface area contributed by atoms with E-state index in [1.54, 1.807) is 0 Å². The minimum atomic E-state index is -2.53. The van der Waals surface area contributed by atoms with Crippen LogP contribution >= 0.6 is 0 Å². The van der Waals surface area contributed by atoms with Gasteiger partial charge in [0.05, 0.1) is 6.54 Å². The van der Waals surface area contributed by atoms with Gasteiger partial charge in [-0.25, -0.2) is 4.98 Å². The number of benzene rings is 1. The molecular weight excluding hydrogens is 272 g/mol. The molecule has 1 atom stereocenters. The monoisotopic (exact) mass is 293 g/mol. The molecular formula is C16H21F2N3. The highest BCUT2D eigenvalue weighted by Crippen LogP contribution is 2.19. The molecule has 0 radical (unpaired) electrons. The number of aromatic nitrogens is 2. The summed E-state index contributed by atoms with van der Waals surface area (Å²) in [5.74, 6) is 0.850. The van der Waals surface area contributed by atoms with Gasteiger partial charge in [0.25, 0.3) is 0 Å². The zero-order chi connectivity index (χ0) is 15.2. The van der Waals surface area contributed by atoms with Gasteiger partial charge in [-0.1, -0.05) is 37.3 Å². The van der Waals surface area contributed by atoms with E-state index in [1.807, 2.05) is 30.1 Å². The smallest absolute Gasteiger partial charge is 0.299 e. The van der Waals surface area contributed by atoms with Crippen LogP contribution in [0.4, 0.5) is 8.78 Å². The lowest BCUT2D eigenvalue weighted by atomic mass is 9.98. The van der Waals surface area contributed by atoms with E-state index in [1.165, 1.54) is 18.0 Å². The molecule has 0 fully saturated rings. The number of alkyl halides is 2. The maximum atomic E-state index is 12.8. The number of imidazole rings is 1. The van der Waals surface area contributed by atoms with E-state index >= 15 is 0 Å². The minimum absolute atomic E-state index is 0.403. The van der Waals surface area contributed by atoms with Gasteiger partial charge in [0.1, 0.15) is 5.82 Å². The predicted octanol–water partition coefficient (Wildman–Crippen LogP) is 3.90. The highest BCUT2D eigenvalue weighted by atomic mass is 19.3. The maximum Gasteiger partial charge on any atom is 0.319 e. The second-order valence-electron chi connectivity index (χ2n) is 5.37. The molecule has 0 saturated carbocycles. The molecule has 1 heterocycles. The third kappa shape index (κ3) is 4.36. The molecule has 0 unspecified atom stereocenters. The number of hydrogen-bond donors (Lipinski definition) is 0. The molecule has 3 nitrogen and oxygen atoms in total. The first-order valence-electron chi connectivity index (χ1n) is 7.11. The van der Waals surface area contributed by atoms with Crippen molar-refractivity contribution >= 4 is 0 Å². The summed E-state index contributed by atoms with van der Waals surface area (Å²) in [6.07, 6.45) is 3.72. The number of halogens is 2. The molecule has 5 heteroatoms. The fourth-order valence-electron chi connectivity index (χ4n) is 2.33. The first kappa shape index (κ1) is 15.6. The Morgan fingerprint density at radius 2 is 1.95 bits per heavy atom. The highest BCUT2D eigenvalue weighted by molar-refractivity contribution is 5.18. The van der Waals surface area contributed by atoms with Crippen LogP contribution in [0, 0.1) is 0 Å². The standard InChI is InChI=1S/C16H21F2N3/c1-13(14-6-4-3-5-7-14)8-10-20(2)12-15-19-9-11-21(15)16(17)18/h3-7,9,11,13,16H,8,10,12H2,1-2H3/t13-/m1/s1. The molecule has 0 aliphatic carbocycles. The summed E-state index contributed by atoms with van der Waals surface area (Å²) in [7, 11) is 1.93. The summed E-state index contributed by atoms with van der Waals surface area (Å²) >= 11 is 0. The lowest BCUT2D eigenvalue weighted by molar-refractivity contribution is 0.0645. The van der Waals surface area contributed by atoms with Crippen molar-refractivity contribution < 1.29 is 8.78 Å². The van der Waals surface area contributed by atoms with Crippen LogP contribution in [0.15, 0.2) is 42.7 Å². The molecule has 0 aliphatic rings. The molecule has 0 aliphatic heterocycles. The van der Waals surface area contributed by atoms with Crippen molar-refractivity contribution in [3.63, 3.8) is 0 Å². The Kier molecular flexibility index (Phi) is 5.44. The van der Waals surface area contributed by atoms with E-state index in [-0.39, 0.29) is 0 Å². The summed E-state index contributed by atoms with van der Waals surface area (Å²) in [5.41, 5.74) is 1.31. The van der Waals surface area contributed by atoms with Gasteiger partial charge in [0.15, 0.2) is 0 Å². The van der Waals surface area contributed by atoms with Crippen LogP contribution in [-0.4, -0.2) is 28.0 Å². The molecule has 0 N–H and O–H groups in total. The third-order valence-corrected chi connectivity index (χ3v) is 3.68. The van der Waals surface area contributed by atoms with Crippen LogP contribution in [-0.2, 0) is 6.54 Å². The molecule has 0 amide bonds. The van der Waals surface area contributed by atoms with Gasteiger partial charge in [-0.15, -0.1) is 0 Å².